The Balaban J connectivity index is 3.12. The van der Waals surface area contributed by atoms with E-state index in [0.717, 1.165) is 23.9 Å². The predicted molar refractivity (Wildman–Crippen MR) is 53.4 cm³/mol. The van der Waals surface area contributed by atoms with E-state index in [1.807, 2.05) is 6.92 Å². The molecular formula is C9H12N2O2S. The van der Waals surface area contributed by atoms with Gasteiger partial charge in [0, 0.05) is 11.1 Å². The van der Waals surface area contributed by atoms with Crippen molar-refractivity contribution in [3.63, 3.8) is 0 Å². The van der Waals surface area contributed by atoms with Crippen LogP contribution in [-0.2, 0) is 16.3 Å². The van der Waals surface area contributed by atoms with Crippen molar-refractivity contribution in [1.82, 2.24) is 9.97 Å². The molecule has 0 aromatic carbocycles. The minimum atomic E-state index is -3.43. The fraction of sp³-hybridized carbons (Fsp3) is 0.333. The van der Waals surface area contributed by atoms with E-state index in [1.165, 1.54) is 12.4 Å². The number of hydrogen-bond donors (Lipinski definition) is 0. The first-order valence-electron chi connectivity index (χ1n) is 4.28. The number of sulfone groups is 1. The molecule has 0 aliphatic carbocycles. The molecule has 0 fully saturated rings. The van der Waals surface area contributed by atoms with Gasteiger partial charge in [-0.1, -0.05) is 19.9 Å². The average Bonchev–Trinajstić information content (AvgIpc) is 2.19. The summed E-state index contributed by atoms with van der Waals surface area (Å²) in [7, 11) is -3.43. The van der Waals surface area contributed by atoms with Crippen molar-refractivity contribution in [2.24, 2.45) is 0 Å². The van der Waals surface area contributed by atoms with E-state index in [2.05, 4.69) is 16.5 Å². The highest BCUT2D eigenvalue weighted by molar-refractivity contribution is 7.94. The van der Waals surface area contributed by atoms with Crippen molar-refractivity contribution in [2.45, 2.75) is 24.8 Å². The van der Waals surface area contributed by atoms with Gasteiger partial charge in [0.05, 0.1) is 0 Å². The summed E-state index contributed by atoms with van der Waals surface area (Å²) in [6.07, 6.45) is 2.94. The van der Waals surface area contributed by atoms with E-state index in [1.54, 1.807) is 0 Å². The largest absolute Gasteiger partial charge is 0.241 e. The van der Waals surface area contributed by atoms with Crippen LogP contribution in [0.3, 0.4) is 0 Å². The number of rotatable bonds is 4. The fourth-order valence-electron chi connectivity index (χ4n) is 1.01. The molecule has 0 radical (unpaired) electrons. The standard InChI is InChI=1S/C9H12N2O2S/c1-3-5-8-6-9(11-7-10-8)14(12,13)4-2/h4,6-7H,2-3,5H2,1H3. The quantitative estimate of drug-likeness (QED) is 0.707. The molecule has 0 saturated heterocycles. The number of hydrogen-bond acceptors (Lipinski definition) is 4. The van der Waals surface area contributed by atoms with Gasteiger partial charge >= 0.3 is 0 Å². The second-order valence-corrected chi connectivity index (χ2v) is 4.65. The Morgan fingerprint density at radius 2 is 2.21 bits per heavy atom. The first kappa shape index (κ1) is 10.8. The Labute approximate surface area is 83.6 Å². The molecule has 1 aromatic heterocycles. The van der Waals surface area contributed by atoms with Gasteiger partial charge in [-0.2, -0.15) is 0 Å². The van der Waals surface area contributed by atoms with Crippen molar-refractivity contribution in [2.75, 3.05) is 0 Å². The molecule has 0 spiro atoms. The van der Waals surface area contributed by atoms with Gasteiger partial charge in [0.1, 0.15) is 6.33 Å². The van der Waals surface area contributed by atoms with Crippen LogP contribution in [0.25, 0.3) is 0 Å². The third kappa shape index (κ3) is 2.38. The molecule has 1 aromatic rings. The van der Waals surface area contributed by atoms with Gasteiger partial charge in [0.2, 0.25) is 9.84 Å². The predicted octanol–water partition coefficient (Wildman–Crippen LogP) is 1.35. The topological polar surface area (TPSA) is 59.9 Å². The molecule has 0 saturated carbocycles. The van der Waals surface area contributed by atoms with Crippen LogP contribution >= 0.6 is 0 Å². The summed E-state index contributed by atoms with van der Waals surface area (Å²) < 4.78 is 22.7. The van der Waals surface area contributed by atoms with E-state index in [4.69, 9.17) is 0 Å². The zero-order valence-corrected chi connectivity index (χ0v) is 8.79. The minimum Gasteiger partial charge on any atom is -0.241 e. The third-order valence-corrected chi connectivity index (χ3v) is 2.96. The highest BCUT2D eigenvalue weighted by atomic mass is 32.2. The Morgan fingerprint density at radius 1 is 1.50 bits per heavy atom. The normalized spacial score (nSPS) is 11.2. The summed E-state index contributed by atoms with van der Waals surface area (Å²) in [6, 6.07) is 1.49. The van der Waals surface area contributed by atoms with Crippen LogP contribution in [0.5, 0.6) is 0 Å². The van der Waals surface area contributed by atoms with Crippen molar-refractivity contribution < 1.29 is 8.42 Å². The summed E-state index contributed by atoms with van der Waals surface area (Å²) in [5.74, 6) is 0. The number of nitrogens with zero attached hydrogens (tertiary/aromatic N) is 2. The monoisotopic (exact) mass is 212 g/mol. The molecule has 0 amide bonds. The van der Waals surface area contributed by atoms with Crippen LogP contribution in [-0.4, -0.2) is 18.4 Å². The maximum atomic E-state index is 11.3. The van der Waals surface area contributed by atoms with Crippen LogP contribution in [0.15, 0.2) is 29.4 Å². The summed E-state index contributed by atoms with van der Waals surface area (Å²) >= 11 is 0. The molecule has 0 N–H and O–H groups in total. The van der Waals surface area contributed by atoms with Crippen LogP contribution in [0.2, 0.25) is 0 Å². The molecule has 0 aliphatic heterocycles. The smallest absolute Gasteiger partial charge is 0.216 e. The fourth-order valence-corrected chi connectivity index (χ4v) is 1.68. The van der Waals surface area contributed by atoms with Crippen molar-refractivity contribution in [3.05, 3.63) is 30.1 Å². The second-order valence-electron chi connectivity index (χ2n) is 2.81. The molecule has 4 nitrogen and oxygen atoms in total. The summed E-state index contributed by atoms with van der Waals surface area (Å²) in [5.41, 5.74) is 0.739. The van der Waals surface area contributed by atoms with E-state index < -0.39 is 9.84 Å². The van der Waals surface area contributed by atoms with Crippen LogP contribution < -0.4 is 0 Å². The van der Waals surface area contributed by atoms with E-state index in [-0.39, 0.29) is 5.03 Å². The average molecular weight is 212 g/mol. The summed E-state index contributed by atoms with van der Waals surface area (Å²) in [6.45, 7) is 5.24. The molecule has 76 valence electrons. The molecule has 1 heterocycles. The Kier molecular flexibility index (Phi) is 3.35. The van der Waals surface area contributed by atoms with Gasteiger partial charge in [-0.3, -0.25) is 0 Å². The molecule has 0 aliphatic rings. The number of aromatic nitrogens is 2. The highest BCUT2D eigenvalue weighted by Crippen LogP contribution is 2.09. The Hall–Kier alpha value is -1.23. The summed E-state index contributed by atoms with van der Waals surface area (Å²) in [5, 5.41) is 0.913. The van der Waals surface area contributed by atoms with E-state index in [9.17, 15) is 8.42 Å². The Bertz CT molecular complexity index is 426. The van der Waals surface area contributed by atoms with Crippen molar-refractivity contribution in [3.8, 4) is 0 Å². The lowest BCUT2D eigenvalue weighted by Crippen LogP contribution is -2.01. The number of aryl methyl sites for hydroxylation is 1. The lowest BCUT2D eigenvalue weighted by Gasteiger charge is -2.00. The van der Waals surface area contributed by atoms with Gasteiger partial charge in [0.15, 0.2) is 5.03 Å². The van der Waals surface area contributed by atoms with E-state index >= 15 is 0 Å². The molecule has 5 heteroatoms. The third-order valence-electron chi connectivity index (χ3n) is 1.72. The zero-order valence-electron chi connectivity index (χ0n) is 7.97. The highest BCUT2D eigenvalue weighted by Gasteiger charge is 2.11. The van der Waals surface area contributed by atoms with Gasteiger partial charge < -0.3 is 0 Å². The molecule has 0 atom stereocenters. The molecule has 0 unspecified atom stereocenters. The van der Waals surface area contributed by atoms with Crippen LogP contribution in [0.4, 0.5) is 0 Å². The maximum Gasteiger partial charge on any atom is 0.216 e. The molecule has 0 bridgehead atoms. The van der Waals surface area contributed by atoms with Gasteiger partial charge in [-0.15, -0.1) is 0 Å². The lowest BCUT2D eigenvalue weighted by atomic mass is 10.2. The molecule has 1 rings (SSSR count). The Morgan fingerprint density at radius 3 is 2.79 bits per heavy atom. The van der Waals surface area contributed by atoms with Crippen molar-refractivity contribution in [1.29, 1.82) is 0 Å². The first-order chi connectivity index (χ1) is 6.60. The molecular weight excluding hydrogens is 200 g/mol. The maximum absolute atomic E-state index is 11.3. The van der Waals surface area contributed by atoms with Crippen LogP contribution in [0, 0.1) is 0 Å². The van der Waals surface area contributed by atoms with Crippen LogP contribution in [0.1, 0.15) is 19.0 Å². The minimum absolute atomic E-state index is 0.0194. The zero-order chi connectivity index (χ0) is 10.6. The van der Waals surface area contributed by atoms with Crippen molar-refractivity contribution >= 4 is 9.84 Å². The second kappa shape index (κ2) is 4.32. The van der Waals surface area contributed by atoms with E-state index in [0.29, 0.717) is 0 Å². The first-order valence-corrected chi connectivity index (χ1v) is 5.83. The SMILES string of the molecule is C=CS(=O)(=O)c1cc(CCC)ncn1. The molecule has 14 heavy (non-hydrogen) atoms. The lowest BCUT2D eigenvalue weighted by molar-refractivity contribution is 0.600. The van der Waals surface area contributed by atoms with Gasteiger partial charge in [0.25, 0.3) is 0 Å². The van der Waals surface area contributed by atoms with Gasteiger partial charge in [-0.25, -0.2) is 18.4 Å². The summed E-state index contributed by atoms with van der Waals surface area (Å²) in [4.78, 5) is 7.66. The van der Waals surface area contributed by atoms with Gasteiger partial charge in [-0.05, 0) is 12.5 Å².